The van der Waals surface area contributed by atoms with E-state index in [-0.39, 0.29) is 41.5 Å². The van der Waals surface area contributed by atoms with Crippen molar-refractivity contribution >= 4 is 34.3 Å². The van der Waals surface area contributed by atoms with E-state index in [1.54, 1.807) is 34.1 Å². The second-order valence-electron chi connectivity index (χ2n) is 8.06. The molecule has 3 atom stereocenters. The molecule has 146 valence electrons. The number of pyridine rings is 1. The zero-order valence-corrected chi connectivity index (χ0v) is 16.1. The van der Waals surface area contributed by atoms with Crippen LogP contribution in [0.3, 0.4) is 0 Å². The number of hydrogen-bond acceptors (Lipinski definition) is 5. The van der Waals surface area contributed by atoms with E-state index in [4.69, 9.17) is 0 Å². The molecule has 0 saturated carbocycles. The molecule has 3 aliphatic heterocycles. The zero-order chi connectivity index (χ0) is 20.4. The third-order valence-corrected chi connectivity index (χ3v) is 6.16. The zero-order valence-electron chi connectivity index (χ0n) is 16.1. The minimum atomic E-state index is -0.654. The van der Waals surface area contributed by atoms with Crippen molar-refractivity contribution in [1.29, 1.82) is 5.26 Å². The maximum absolute atomic E-state index is 13.4. The summed E-state index contributed by atoms with van der Waals surface area (Å²) in [6, 6.07) is 7.71. The van der Waals surface area contributed by atoms with E-state index in [0.29, 0.717) is 29.4 Å². The summed E-state index contributed by atoms with van der Waals surface area (Å²) in [5.41, 5.74) is 0.628. The Morgan fingerprint density at radius 3 is 2.66 bits per heavy atom. The monoisotopic (exact) mass is 389 g/mol. The summed E-state index contributed by atoms with van der Waals surface area (Å²) >= 11 is 0. The van der Waals surface area contributed by atoms with Crippen molar-refractivity contribution in [2.24, 2.45) is 5.92 Å². The Morgan fingerprint density at radius 1 is 1.24 bits per heavy atom. The number of amides is 4. The lowest BCUT2D eigenvalue weighted by Crippen LogP contribution is -2.55. The van der Waals surface area contributed by atoms with Crippen LogP contribution < -0.4 is 4.90 Å². The highest BCUT2D eigenvalue weighted by molar-refractivity contribution is 6.25. The molecular formula is C21H19N5O3. The maximum atomic E-state index is 13.4. The molecule has 0 aliphatic carbocycles. The molecule has 2 bridgehead atoms. The number of imide groups is 1. The van der Waals surface area contributed by atoms with Crippen molar-refractivity contribution in [1.82, 2.24) is 14.8 Å². The Labute approximate surface area is 167 Å². The Kier molecular flexibility index (Phi) is 3.65. The highest BCUT2D eigenvalue weighted by Crippen LogP contribution is 2.43. The third-order valence-electron chi connectivity index (χ3n) is 6.16. The van der Waals surface area contributed by atoms with Crippen LogP contribution in [-0.2, 0) is 9.59 Å². The summed E-state index contributed by atoms with van der Waals surface area (Å²) in [6.45, 7) is 4.15. The Morgan fingerprint density at radius 2 is 1.97 bits per heavy atom. The van der Waals surface area contributed by atoms with E-state index in [1.807, 2.05) is 19.9 Å². The molecule has 0 radical (unpaired) electrons. The molecule has 1 aromatic heterocycles. The Balaban J connectivity index is 1.57. The number of nitrogens with zero attached hydrogens (tertiary/aromatic N) is 5. The highest BCUT2D eigenvalue weighted by Gasteiger charge is 2.63. The van der Waals surface area contributed by atoms with Crippen molar-refractivity contribution < 1.29 is 14.4 Å². The predicted octanol–water partition coefficient (Wildman–Crippen LogP) is 1.88. The number of benzene rings is 1. The van der Waals surface area contributed by atoms with Crippen molar-refractivity contribution in [3.63, 3.8) is 0 Å². The van der Waals surface area contributed by atoms with E-state index in [9.17, 15) is 19.6 Å². The molecule has 0 N–H and O–H groups in total. The average Bonchev–Trinajstić information content (AvgIpc) is 3.38. The fraction of sp³-hybridized carbons (Fsp3) is 0.381. The van der Waals surface area contributed by atoms with Crippen LogP contribution in [0.5, 0.6) is 0 Å². The minimum Gasteiger partial charge on any atom is -0.335 e. The van der Waals surface area contributed by atoms with Gasteiger partial charge >= 0.3 is 6.03 Å². The van der Waals surface area contributed by atoms with E-state index >= 15 is 0 Å². The lowest BCUT2D eigenvalue weighted by Gasteiger charge is -2.35. The van der Waals surface area contributed by atoms with Gasteiger partial charge in [-0.05, 0) is 6.42 Å². The van der Waals surface area contributed by atoms with Crippen LogP contribution in [0.1, 0.15) is 26.0 Å². The molecule has 8 heteroatoms. The molecule has 3 aliphatic rings. The molecule has 8 nitrogen and oxygen atoms in total. The van der Waals surface area contributed by atoms with Crippen LogP contribution in [-0.4, -0.2) is 57.3 Å². The van der Waals surface area contributed by atoms with E-state index < -0.39 is 6.04 Å². The lowest BCUT2D eigenvalue weighted by molar-refractivity contribution is -0.138. The van der Waals surface area contributed by atoms with Gasteiger partial charge in [-0.1, -0.05) is 38.1 Å². The van der Waals surface area contributed by atoms with E-state index in [0.717, 1.165) is 0 Å². The Hall–Kier alpha value is -3.47. The average molecular weight is 389 g/mol. The van der Waals surface area contributed by atoms with Gasteiger partial charge in [0.15, 0.2) is 0 Å². The van der Waals surface area contributed by atoms with Crippen LogP contribution in [0.2, 0.25) is 0 Å². The number of rotatable bonds is 2. The second kappa shape index (κ2) is 6.01. The minimum absolute atomic E-state index is 0.0151. The van der Waals surface area contributed by atoms with E-state index in [1.165, 1.54) is 11.1 Å². The number of nitriles is 1. The van der Waals surface area contributed by atoms with Gasteiger partial charge in [-0.3, -0.25) is 9.59 Å². The van der Waals surface area contributed by atoms with Crippen LogP contribution in [0.15, 0.2) is 30.5 Å². The van der Waals surface area contributed by atoms with Gasteiger partial charge in [-0.25, -0.2) is 14.7 Å². The van der Waals surface area contributed by atoms with Crippen LogP contribution in [0, 0.1) is 17.2 Å². The highest BCUT2D eigenvalue weighted by atomic mass is 16.2. The van der Waals surface area contributed by atoms with Crippen LogP contribution in [0.25, 0.3) is 10.8 Å². The number of anilines is 1. The lowest BCUT2D eigenvalue weighted by atomic mass is 10.1. The summed E-state index contributed by atoms with van der Waals surface area (Å²) in [4.78, 5) is 47.9. The number of likely N-dealkylation sites (tertiary alicyclic amines) is 1. The number of urea groups is 1. The maximum Gasteiger partial charge on any atom is 0.332 e. The van der Waals surface area contributed by atoms with Gasteiger partial charge < -0.3 is 9.80 Å². The fourth-order valence-corrected chi connectivity index (χ4v) is 4.91. The largest absolute Gasteiger partial charge is 0.335 e. The molecule has 5 rings (SSSR count). The molecule has 1 aromatic carbocycles. The van der Waals surface area contributed by atoms with Crippen LogP contribution in [0.4, 0.5) is 10.5 Å². The second-order valence-corrected chi connectivity index (χ2v) is 8.06. The van der Waals surface area contributed by atoms with Crippen molar-refractivity contribution in [2.45, 2.75) is 38.4 Å². The van der Waals surface area contributed by atoms with Gasteiger partial charge in [0.1, 0.15) is 17.8 Å². The fourth-order valence-electron chi connectivity index (χ4n) is 4.91. The summed E-state index contributed by atoms with van der Waals surface area (Å²) in [5.74, 6) is -0.473. The molecular weight excluding hydrogens is 370 g/mol. The summed E-state index contributed by atoms with van der Waals surface area (Å²) in [6.07, 6.45) is 2.05. The van der Waals surface area contributed by atoms with Gasteiger partial charge in [-0.15, -0.1) is 0 Å². The normalized spacial score (nSPS) is 25.3. The molecule has 0 spiro atoms. The summed E-state index contributed by atoms with van der Waals surface area (Å²) in [5, 5.41) is 10.6. The van der Waals surface area contributed by atoms with Gasteiger partial charge in [0.05, 0.1) is 24.0 Å². The number of carbonyl (C=O) groups is 3. The molecule has 2 aromatic rings. The first-order chi connectivity index (χ1) is 13.9. The van der Waals surface area contributed by atoms with Crippen molar-refractivity contribution in [3.8, 4) is 6.07 Å². The SMILES string of the molecule is CC(C)C(=O)N1C[C@H]2CC1[C@H]1C(=O)N(c3cnc(C#N)c4ccccc34)C(=O)N21. The summed E-state index contributed by atoms with van der Waals surface area (Å²) < 4.78 is 0. The molecule has 4 amide bonds. The molecule has 3 saturated heterocycles. The van der Waals surface area contributed by atoms with Crippen molar-refractivity contribution in [3.05, 3.63) is 36.2 Å². The topological polar surface area (TPSA) is 97.6 Å². The van der Waals surface area contributed by atoms with Crippen LogP contribution >= 0.6 is 0 Å². The molecule has 3 fully saturated rings. The first-order valence-corrected chi connectivity index (χ1v) is 9.68. The number of fused-ring (bicyclic) bond motifs is 6. The quantitative estimate of drug-likeness (QED) is 0.731. The number of aromatic nitrogens is 1. The van der Waals surface area contributed by atoms with Crippen molar-refractivity contribution in [2.75, 3.05) is 11.4 Å². The van der Waals surface area contributed by atoms with Gasteiger partial charge in [0.25, 0.3) is 5.91 Å². The summed E-state index contributed by atoms with van der Waals surface area (Å²) in [7, 11) is 0. The number of piperazine rings is 1. The molecule has 4 heterocycles. The smallest absolute Gasteiger partial charge is 0.332 e. The third kappa shape index (κ3) is 2.24. The first kappa shape index (κ1) is 17.6. The predicted molar refractivity (Wildman–Crippen MR) is 104 cm³/mol. The number of hydrogen-bond donors (Lipinski definition) is 0. The first-order valence-electron chi connectivity index (χ1n) is 9.68. The number of carbonyl (C=O) groups excluding carboxylic acids is 3. The van der Waals surface area contributed by atoms with Gasteiger partial charge in [0, 0.05) is 23.2 Å². The standard InChI is InChI=1S/C21H19N5O3/c1-11(2)19(27)24-10-12-7-16(24)18-20(28)26(21(29)25(12)18)17-9-23-15(8-22)13-5-3-4-6-14(13)17/h3-6,9,11-12,16,18H,7,10H2,1-2H3/t12-,16?,18+/m1/s1. The van der Waals surface area contributed by atoms with Gasteiger partial charge in [0.2, 0.25) is 5.91 Å². The Bertz CT molecular complexity index is 1120. The molecule has 1 unspecified atom stereocenters. The molecule has 29 heavy (non-hydrogen) atoms. The van der Waals surface area contributed by atoms with E-state index in [2.05, 4.69) is 4.98 Å². The van der Waals surface area contributed by atoms with Gasteiger partial charge in [-0.2, -0.15) is 5.26 Å².